The lowest BCUT2D eigenvalue weighted by molar-refractivity contribution is -0.138. The van der Waals surface area contributed by atoms with Crippen molar-refractivity contribution in [1.29, 1.82) is 0 Å². The van der Waals surface area contributed by atoms with Crippen LogP contribution in [0, 0.1) is 5.92 Å². The van der Waals surface area contributed by atoms with Gasteiger partial charge in [0.15, 0.2) is 5.69 Å². The predicted octanol–water partition coefficient (Wildman–Crippen LogP) is 3.90. The number of aromatic nitrogens is 5. The first-order chi connectivity index (χ1) is 17.4. The second-order valence-corrected chi connectivity index (χ2v) is 8.84. The van der Waals surface area contributed by atoms with E-state index in [0.717, 1.165) is 4.90 Å². The van der Waals surface area contributed by atoms with E-state index >= 15 is 0 Å². The van der Waals surface area contributed by atoms with Crippen LogP contribution >= 0.6 is 0 Å². The van der Waals surface area contributed by atoms with Gasteiger partial charge < -0.3 is 15.0 Å². The number of ether oxygens (including phenoxy) is 1. The molecule has 1 aliphatic heterocycles. The maximum atomic E-state index is 14.6. The summed E-state index contributed by atoms with van der Waals surface area (Å²) < 4.78 is 74.1. The van der Waals surface area contributed by atoms with Crippen molar-refractivity contribution in [2.24, 2.45) is 13.0 Å². The fourth-order valence-corrected chi connectivity index (χ4v) is 4.29. The van der Waals surface area contributed by atoms with Crippen molar-refractivity contribution in [1.82, 2.24) is 29.6 Å². The Labute approximate surface area is 208 Å². The SMILES string of the molecule is COc1cccc(-c2cn(C)nc2C(=O)N2CC(F)(F)C[C@@H](C)C2CNc2ncc(C(F)(F)F)cn2)n1. The molecule has 1 fully saturated rings. The first-order valence-corrected chi connectivity index (χ1v) is 11.2. The van der Waals surface area contributed by atoms with Crippen LogP contribution in [0.15, 0.2) is 36.8 Å². The molecule has 4 heterocycles. The Morgan fingerprint density at radius 1 is 1.24 bits per heavy atom. The minimum absolute atomic E-state index is 0.0616. The quantitative estimate of drug-likeness (QED) is 0.488. The zero-order valence-electron chi connectivity index (χ0n) is 20.1. The largest absolute Gasteiger partial charge is 0.481 e. The van der Waals surface area contributed by atoms with Crippen LogP contribution in [0.5, 0.6) is 5.88 Å². The molecule has 3 aromatic rings. The minimum Gasteiger partial charge on any atom is -0.481 e. The Morgan fingerprint density at radius 3 is 2.59 bits per heavy atom. The number of hydrogen-bond donors (Lipinski definition) is 1. The van der Waals surface area contributed by atoms with E-state index in [-0.39, 0.29) is 18.2 Å². The topological polar surface area (TPSA) is 98.1 Å². The number of nitrogens with one attached hydrogen (secondary N) is 1. The number of carbonyl (C=O) groups is 1. The van der Waals surface area contributed by atoms with Crippen LogP contribution in [0.3, 0.4) is 0 Å². The molecule has 0 saturated carbocycles. The standard InChI is InChI=1S/C23H24F5N7O2/c1-13-7-22(24,25)12-35(17(13)10-31-21-29-8-14(9-30-21)23(26,27)28)20(36)19-15(11-34(2)33-19)16-5-4-6-18(32-16)37-3/h4-6,8-9,11,13,17H,7,10,12H2,1-3H3,(H,29,30,31)/t13-,17?/m1/s1. The summed E-state index contributed by atoms with van der Waals surface area (Å²) in [6.45, 7) is 0.669. The van der Waals surface area contributed by atoms with Gasteiger partial charge in [-0.2, -0.15) is 18.3 Å². The van der Waals surface area contributed by atoms with E-state index in [1.807, 2.05) is 0 Å². The fraction of sp³-hybridized carbons (Fsp3) is 0.435. The number of rotatable bonds is 6. The molecule has 1 aliphatic rings. The molecule has 3 aromatic heterocycles. The molecule has 37 heavy (non-hydrogen) atoms. The number of carbonyl (C=O) groups excluding carboxylic acids is 1. The number of amides is 1. The van der Waals surface area contributed by atoms with Gasteiger partial charge in [0, 0.05) is 44.7 Å². The third-order valence-electron chi connectivity index (χ3n) is 6.03. The molecule has 0 spiro atoms. The maximum absolute atomic E-state index is 14.6. The normalized spacial score (nSPS) is 19.5. The van der Waals surface area contributed by atoms with E-state index in [2.05, 4.69) is 25.4 Å². The van der Waals surface area contributed by atoms with Crippen molar-refractivity contribution in [3.8, 4) is 17.1 Å². The van der Waals surface area contributed by atoms with Crippen molar-refractivity contribution in [3.05, 3.63) is 48.0 Å². The summed E-state index contributed by atoms with van der Waals surface area (Å²) in [6, 6.07) is 4.20. The molecule has 0 aliphatic carbocycles. The molecule has 1 amide bonds. The van der Waals surface area contributed by atoms with Gasteiger partial charge >= 0.3 is 6.18 Å². The summed E-state index contributed by atoms with van der Waals surface area (Å²) in [5.41, 5.74) is -0.371. The van der Waals surface area contributed by atoms with Gasteiger partial charge in [-0.15, -0.1) is 0 Å². The lowest BCUT2D eigenvalue weighted by Gasteiger charge is -2.43. The van der Waals surface area contributed by atoms with Gasteiger partial charge in [-0.05, 0) is 12.0 Å². The van der Waals surface area contributed by atoms with Crippen molar-refractivity contribution < 1.29 is 31.5 Å². The second-order valence-electron chi connectivity index (χ2n) is 8.84. The van der Waals surface area contributed by atoms with E-state index in [1.165, 1.54) is 11.8 Å². The van der Waals surface area contributed by atoms with Gasteiger partial charge in [-0.1, -0.05) is 13.0 Å². The molecular weight excluding hydrogens is 501 g/mol. The zero-order valence-corrected chi connectivity index (χ0v) is 20.1. The van der Waals surface area contributed by atoms with E-state index < -0.39 is 48.5 Å². The first-order valence-electron chi connectivity index (χ1n) is 11.2. The average Bonchev–Trinajstić information content (AvgIpc) is 3.23. The number of nitrogens with zero attached hydrogens (tertiary/aromatic N) is 6. The maximum Gasteiger partial charge on any atom is 0.419 e. The van der Waals surface area contributed by atoms with Gasteiger partial charge in [0.05, 0.1) is 36.5 Å². The van der Waals surface area contributed by atoms with Crippen molar-refractivity contribution in [3.63, 3.8) is 0 Å². The van der Waals surface area contributed by atoms with E-state index in [9.17, 15) is 26.7 Å². The third-order valence-corrected chi connectivity index (χ3v) is 6.03. The summed E-state index contributed by atoms with van der Waals surface area (Å²) in [5, 5.41) is 6.99. The van der Waals surface area contributed by atoms with E-state index in [4.69, 9.17) is 4.74 Å². The molecule has 0 radical (unpaired) electrons. The Balaban J connectivity index is 1.62. The van der Waals surface area contributed by atoms with Crippen LogP contribution in [0.25, 0.3) is 11.3 Å². The van der Waals surface area contributed by atoms with E-state index in [0.29, 0.717) is 29.5 Å². The Hall–Kier alpha value is -3.84. The van der Waals surface area contributed by atoms with Crippen LogP contribution in [-0.2, 0) is 13.2 Å². The molecule has 0 bridgehead atoms. The second kappa shape index (κ2) is 9.90. The molecule has 1 N–H and O–H groups in total. The molecule has 2 atom stereocenters. The van der Waals surface area contributed by atoms with Gasteiger partial charge in [-0.3, -0.25) is 9.48 Å². The zero-order chi connectivity index (χ0) is 27.0. The van der Waals surface area contributed by atoms with Gasteiger partial charge in [0.2, 0.25) is 11.8 Å². The van der Waals surface area contributed by atoms with Crippen LogP contribution in [0.1, 0.15) is 29.4 Å². The smallest absolute Gasteiger partial charge is 0.419 e. The molecule has 9 nitrogen and oxygen atoms in total. The van der Waals surface area contributed by atoms with Gasteiger partial charge in [0.25, 0.3) is 11.8 Å². The average molecular weight is 525 g/mol. The number of anilines is 1. The Bertz CT molecular complexity index is 1260. The summed E-state index contributed by atoms with van der Waals surface area (Å²) in [7, 11) is 3.03. The molecule has 1 saturated heterocycles. The van der Waals surface area contributed by atoms with Crippen molar-refractivity contribution in [2.45, 2.75) is 31.5 Å². The van der Waals surface area contributed by atoms with Crippen molar-refractivity contribution in [2.75, 3.05) is 25.5 Å². The number of piperidine rings is 1. The monoisotopic (exact) mass is 525 g/mol. The molecule has 14 heteroatoms. The predicted molar refractivity (Wildman–Crippen MR) is 122 cm³/mol. The summed E-state index contributed by atoms with van der Waals surface area (Å²) in [4.78, 5) is 26.3. The highest BCUT2D eigenvalue weighted by Gasteiger charge is 2.47. The number of pyridine rings is 1. The molecule has 0 aromatic carbocycles. The molecule has 1 unspecified atom stereocenters. The highest BCUT2D eigenvalue weighted by atomic mass is 19.4. The minimum atomic E-state index is -4.59. The lowest BCUT2D eigenvalue weighted by Crippen LogP contribution is -2.57. The molecule has 4 rings (SSSR count). The summed E-state index contributed by atoms with van der Waals surface area (Å²) in [5.74, 6) is -4.34. The molecular formula is C23H24F5N7O2. The summed E-state index contributed by atoms with van der Waals surface area (Å²) in [6.07, 6.45) is -2.26. The number of methoxy groups -OCH3 is 1. The number of aryl methyl sites for hydroxylation is 1. The van der Waals surface area contributed by atoms with Crippen molar-refractivity contribution >= 4 is 11.9 Å². The van der Waals surface area contributed by atoms with Gasteiger partial charge in [0.1, 0.15) is 0 Å². The highest BCUT2D eigenvalue weighted by Crippen LogP contribution is 2.36. The number of hydrogen-bond acceptors (Lipinski definition) is 7. The molecule has 198 valence electrons. The summed E-state index contributed by atoms with van der Waals surface area (Å²) >= 11 is 0. The fourth-order valence-electron chi connectivity index (χ4n) is 4.29. The Morgan fingerprint density at radius 2 is 1.95 bits per heavy atom. The van der Waals surface area contributed by atoms with Crippen LogP contribution < -0.4 is 10.1 Å². The van der Waals surface area contributed by atoms with Crippen LogP contribution in [-0.4, -0.2) is 67.7 Å². The van der Waals surface area contributed by atoms with Crippen LogP contribution in [0.4, 0.5) is 27.9 Å². The first kappa shape index (κ1) is 26.2. The van der Waals surface area contributed by atoms with Crippen LogP contribution in [0.2, 0.25) is 0 Å². The van der Waals surface area contributed by atoms with E-state index in [1.54, 1.807) is 38.4 Å². The third kappa shape index (κ3) is 5.78. The number of halogens is 5. The lowest BCUT2D eigenvalue weighted by atomic mass is 9.88. The van der Waals surface area contributed by atoms with Gasteiger partial charge in [-0.25, -0.2) is 23.7 Å². The number of likely N-dealkylation sites (tertiary alicyclic amines) is 1. The Kier molecular flexibility index (Phi) is 7.02. The number of alkyl halides is 5. The highest BCUT2D eigenvalue weighted by molar-refractivity contribution is 5.99.